The van der Waals surface area contributed by atoms with Crippen molar-refractivity contribution < 1.29 is 19.4 Å². The van der Waals surface area contributed by atoms with E-state index in [0.717, 1.165) is 11.3 Å². The van der Waals surface area contributed by atoms with Gasteiger partial charge in [0.15, 0.2) is 0 Å². The topological polar surface area (TPSA) is 129 Å². The summed E-state index contributed by atoms with van der Waals surface area (Å²) >= 11 is 0. The van der Waals surface area contributed by atoms with Gasteiger partial charge in [-0.2, -0.15) is 0 Å². The van der Waals surface area contributed by atoms with E-state index in [0.29, 0.717) is 33.0 Å². The summed E-state index contributed by atoms with van der Waals surface area (Å²) in [5, 5.41) is 13.9. The summed E-state index contributed by atoms with van der Waals surface area (Å²) in [7, 11) is 0. The van der Waals surface area contributed by atoms with Crippen molar-refractivity contribution in [3.05, 3.63) is 40.0 Å². The number of ether oxygens (including phenoxy) is 2. The van der Waals surface area contributed by atoms with Crippen LogP contribution in [-0.4, -0.2) is 42.5 Å². The van der Waals surface area contributed by atoms with Crippen LogP contribution in [0, 0.1) is 0 Å². The molecule has 0 spiro atoms. The minimum atomic E-state index is -1.06. The third-order valence-electron chi connectivity index (χ3n) is 2.33. The molecule has 1 amide bonds. The Hall–Kier alpha value is -2.35. The maximum absolute atomic E-state index is 10.2. The SMILES string of the molecule is [N-]=[N+]=NCCOCc1ccc(COCCNC(=O)O)cn1. The highest BCUT2D eigenvalue weighted by molar-refractivity contribution is 5.64. The van der Waals surface area contributed by atoms with Crippen LogP contribution in [0.5, 0.6) is 0 Å². The Labute approximate surface area is 121 Å². The maximum atomic E-state index is 10.2. The third kappa shape index (κ3) is 8.43. The van der Waals surface area contributed by atoms with Gasteiger partial charge in [0.25, 0.3) is 0 Å². The number of pyridine rings is 1. The number of carbonyl (C=O) groups is 1. The lowest BCUT2D eigenvalue weighted by Crippen LogP contribution is -2.25. The molecule has 1 rings (SSSR count). The van der Waals surface area contributed by atoms with Crippen LogP contribution in [0.1, 0.15) is 11.3 Å². The van der Waals surface area contributed by atoms with Crippen LogP contribution in [0.2, 0.25) is 0 Å². The number of nitrogens with one attached hydrogen (secondary N) is 1. The van der Waals surface area contributed by atoms with Crippen molar-refractivity contribution in [2.45, 2.75) is 13.2 Å². The van der Waals surface area contributed by atoms with Crippen LogP contribution in [-0.2, 0) is 22.7 Å². The van der Waals surface area contributed by atoms with Crippen LogP contribution < -0.4 is 5.32 Å². The molecule has 2 N–H and O–H groups in total. The van der Waals surface area contributed by atoms with E-state index < -0.39 is 6.09 Å². The Kier molecular flexibility index (Phi) is 8.30. The molecule has 0 unspecified atom stereocenters. The number of aromatic nitrogens is 1. The summed E-state index contributed by atoms with van der Waals surface area (Å²) < 4.78 is 10.6. The van der Waals surface area contributed by atoms with E-state index in [1.165, 1.54) is 0 Å². The van der Waals surface area contributed by atoms with Gasteiger partial charge in [0, 0.05) is 24.2 Å². The van der Waals surface area contributed by atoms with E-state index >= 15 is 0 Å². The van der Waals surface area contributed by atoms with Crippen molar-refractivity contribution in [2.24, 2.45) is 5.11 Å². The smallest absolute Gasteiger partial charge is 0.404 e. The number of carboxylic acid groups (broad SMARTS) is 1. The second-order valence-corrected chi connectivity index (χ2v) is 3.95. The number of hydrogen-bond donors (Lipinski definition) is 2. The average Bonchev–Trinajstić information content (AvgIpc) is 2.48. The van der Waals surface area contributed by atoms with Gasteiger partial charge in [0.1, 0.15) is 0 Å². The van der Waals surface area contributed by atoms with E-state index in [-0.39, 0.29) is 6.54 Å². The molecule has 0 aliphatic heterocycles. The summed E-state index contributed by atoms with van der Waals surface area (Å²) in [5.41, 5.74) is 9.75. The number of hydrogen-bond acceptors (Lipinski definition) is 5. The number of nitrogens with zero attached hydrogens (tertiary/aromatic N) is 4. The third-order valence-corrected chi connectivity index (χ3v) is 2.33. The summed E-state index contributed by atoms with van der Waals surface area (Å²) in [5.74, 6) is 0. The summed E-state index contributed by atoms with van der Waals surface area (Å²) in [4.78, 5) is 17.0. The van der Waals surface area contributed by atoms with Crippen molar-refractivity contribution in [3.8, 4) is 0 Å². The highest BCUT2D eigenvalue weighted by Gasteiger charge is 1.98. The van der Waals surface area contributed by atoms with Gasteiger partial charge in [0.05, 0.1) is 32.1 Å². The van der Waals surface area contributed by atoms with Gasteiger partial charge >= 0.3 is 6.09 Å². The molecule has 0 saturated carbocycles. The molecular weight excluding hydrogens is 278 g/mol. The number of rotatable bonds is 10. The fraction of sp³-hybridized carbons (Fsp3) is 0.500. The molecule has 9 heteroatoms. The van der Waals surface area contributed by atoms with Crippen molar-refractivity contribution in [3.63, 3.8) is 0 Å². The Balaban J connectivity index is 2.17. The first kappa shape index (κ1) is 16.7. The lowest BCUT2D eigenvalue weighted by Gasteiger charge is -2.06. The largest absolute Gasteiger partial charge is 0.465 e. The Morgan fingerprint density at radius 2 is 2.19 bits per heavy atom. The van der Waals surface area contributed by atoms with Crippen LogP contribution in [0.3, 0.4) is 0 Å². The highest BCUT2D eigenvalue weighted by atomic mass is 16.5. The summed E-state index contributed by atoms with van der Waals surface area (Å²) in [6.45, 7) is 1.92. The normalized spacial score (nSPS) is 9.90. The molecule has 9 nitrogen and oxygen atoms in total. The van der Waals surface area contributed by atoms with Gasteiger partial charge in [-0.15, -0.1) is 0 Å². The molecule has 0 fully saturated rings. The van der Waals surface area contributed by atoms with Crippen LogP contribution in [0.4, 0.5) is 4.79 Å². The zero-order chi connectivity index (χ0) is 15.3. The zero-order valence-corrected chi connectivity index (χ0v) is 11.4. The minimum absolute atomic E-state index is 0.250. The monoisotopic (exact) mass is 295 g/mol. The molecule has 1 aromatic rings. The Morgan fingerprint density at radius 3 is 2.86 bits per heavy atom. The average molecular weight is 295 g/mol. The molecule has 1 heterocycles. The van der Waals surface area contributed by atoms with Crippen molar-refractivity contribution >= 4 is 6.09 Å². The quantitative estimate of drug-likeness (QED) is 0.293. The minimum Gasteiger partial charge on any atom is -0.465 e. The molecule has 0 aromatic carbocycles. The molecule has 0 radical (unpaired) electrons. The molecule has 0 bridgehead atoms. The fourth-order valence-corrected chi connectivity index (χ4v) is 1.37. The Morgan fingerprint density at radius 1 is 1.38 bits per heavy atom. The molecule has 1 aromatic heterocycles. The van der Waals surface area contributed by atoms with Gasteiger partial charge in [-0.05, 0) is 17.2 Å². The predicted octanol–water partition coefficient (Wildman–Crippen LogP) is 1.69. The molecule has 0 saturated heterocycles. The second-order valence-electron chi connectivity index (χ2n) is 3.95. The van der Waals surface area contributed by atoms with E-state index in [2.05, 4.69) is 20.3 Å². The number of azide groups is 1. The van der Waals surface area contributed by atoms with Gasteiger partial charge in [-0.1, -0.05) is 11.2 Å². The van der Waals surface area contributed by atoms with Crippen molar-refractivity contribution in [2.75, 3.05) is 26.3 Å². The first-order valence-electron chi connectivity index (χ1n) is 6.29. The molecule has 114 valence electrons. The van der Waals surface area contributed by atoms with Crippen LogP contribution in [0.15, 0.2) is 23.4 Å². The lowest BCUT2D eigenvalue weighted by molar-refractivity contribution is 0.119. The first-order valence-corrected chi connectivity index (χ1v) is 6.29. The van der Waals surface area contributed by atoms with E-state index in [1.807, 2.05) is 12.1 Å². The summed E-state index contributed by atoms with van der Waals surface area (Å²) in [6, 6.07) is 3.69. The molecule has 0 atom stereocenters. The molecule has 21 heavy (non-hydrogen) atoms. The highest BCUT2D eigenvalue weighted by Crippen LogP contribution is 2.03. The Bertz CT molecular complexity index is 473. The van der Waals surface area contributed by atoms with E-state index in [4.69, 9.17) is 20.1 Å². The fourth-order valence-electron chi connectivity index (χ4n) is 1.37. The van der Waals surface area contributed by atoms with Crippen molar-refractivity contribution in [1.29, 1.82) is 0 Å². The maximum Gasteiger partial charge on any atom is 0.404 e. The van der Waals surface area contributed by atoms with Gasteiger partial charge in [-0.25, -0.2) is 4.79 Å². The van der Waals surface area contributed by atoms with Gasteiger partial charge in [-0.3, -0.25) is 4.98 Å². The molecule has 0 aliphatic carbocycles. The first-order chi connectivity index (χ1) is 10.2. The van der Waals surface area contributed by atoms with Crippen molar-refractivity contribution in [1.82, 2.24) is 10.3 Å². The van der Waals surface area contributed by atoms with Crippen LogP contribution >= 0.6 is 0 Å². The molecule has 0 aliphatic rings. The lowest BCUT2D eigenvalue weighted by atomic mass is 10.2. The standard InChI is InChI=1S/C12H17N5O4/c13-17-16-4-6-21-9-11-2-1-10(7-15-11)8-20-5-3-14-12(18)19/h1-2,7,14H,3-6,8-9H2,(H,18,19). The zero-order valence-electron chi connectivity index (χ0n) is 11.4. The summed E-state index contributed by atoms with van der Waals surface area (Å²) in [6.07, 6.45) is 0.613. The van der Waals surface area contributed by atoms with Gasteiger partial charge in [0.2, 0.25) is 0 Å². The van der Waals surface area contributed by atoms with Crippen LogP contribution in [0.25, 0.3) is 10.4 Å². The van der Waals surface area contributed by atoms with Gasteiger partial charge < -0.3 is 19.9 Å². The predicted molar refractivity (Wildman–Crippen MR) is 73.6 cm³/mol. The van der Waals surface area contributed by atoms with E-state index in [1.54, 1.807) is 6.20 Å². The number of amides is 1. The molecular formula is C12H17N5O4. The van der Waals surface area contributed by atoms with E-state index in [9.17, 15) is 4.79 Å². The second kappa shape index (κ2) is 10.4.